The summed E-state index contributed by atoms with van der Waals surface area (Å²) in [6.07, 6.45) is 4.57. The lowest BCUT2D eigenvalue weighted by atomic mass is 9.98. The molecule has 0 unspecified atom stereocenters. The molecule has 30 heavy (non-hydrogen) atoms. The fourth-order valence-corrected chi connectivity index (χ4v) is 4.23. The van der Waals surface area contributed by atoms with Crippen molar-refractivity contribution >= 4 is 17.7 Å². The fourth-order valence-electron chi connectivity index (χ4n) is 4.23. The number of esters is 1. The first kappa shape index (κ1) is 21.6. The van der Waals surface area contributed by atoms with Crippen LogP contribution in [0.15, 0.2) is 30.3 Å². The van der Waals surface area contributed by atoms with Gasteiger partial charge in [-0.2, -0.15) is 5.26 Å². The number of anilines is 1. The molecule has 1 atom stereocenters. The predicted octanol–water partition coefficient (Wildman–Crippen LogP) is 4.77. The van der Waals surface area contributed by atoms with Crippen LogP contribution in [-0.2, 0) is 14.3 Å². The summed E-state index contributed by atoms with van der Waals surface area (Å²) in [4.78, 5) is 24.7. The molecule has 1 amide bonds. The maximum Gasteiger partial charge on any atom is 0.306 e. The van der Waals surface area contributed by atoms with Crippen LogP contribution in [0.3, 0.4) is 0 Å². The number of ether oxygens (including phenoxy) is 1. The maximum absolute atomic E-state index is 12.5. The summed E-state index contributed by atoms with van der Waals surface area (Å²) in [5.74, 6) is -0.306. The first-order valence-corrected chi connectivity index (χ1v) is 10.5. The van der Waals surface area contributed by atoms with E-state index in [1.807, 2.05) is 51.1 Å². The van der Waals surface area contributed by atoms with E-state index in [-0.39, 0.29) is 25.0 Å². The predicted molar refractivity (Wildman–Crippen MR) is 115 cm³/mol. The fraction of sp³-hybridized carbons (Fsp3) is 0.458. The summed E-state index contributed by atoms with van der Waals surface area (Å²) in [5.41, 5.74) is 3.42. The molecule has 1 fully saturated rings. The average molecular weight is 408 g/mol. The monoisotopic (exact) mass is 407 g/mol. The van der Waals surface area contributed by atoms with Gasteiger partial charge in [0.2, 0.25) is 0 Å². The van der Waals surface area contributed by atoms with E-state index in [1.165, 1.54) is 0 Å². The summed E-state index contributed by atoms with van der Waals surface area (Å²) in [5, 5.41) is 12.5. The van der Waals surface area contributed by atoms with E-state index in [0.717, 1.165) is 42.5 Å². The number of nitrogens with zero attached hydrogens (tertiary/aromatic N) is 2. The van der Waals surface area contributed by atoms with Crippen molar-refractivity contribution in [2.45, 2.75) is 64.8 Å². The van der Waals surface area contributed by atoms with Crippen molar-refractivity contribution in [1.82, 2.24) is 4.57 Å². The van der Waals surface area contributed by atoms with E-state index in [4.69, 9.17) is 4.74 Å². The number of hydrogen-bond acceptors (Lipinski definition) is 4. The summed E-state index contributed by atoms with van der Waals surface area (Å²) in [6.45, 7) is 5.48. The maximum atomic E-state index is 12.5. The molecule has 0 spiro atoms. The molecule has 158 valence electrons. The van der Waals surface area contributed by atoms with E-state index in [2.05, 4.69) is 16.0 Å². The van der Waals surface area contributed by atoms with Crippen molar-refractivity contribution in [2.75, 3.05) is 11.9 Å². The third kappa shape index (κ3) is 4.73. The van der Waals surface area contributed by atoms with Gasteiger partial charge in [0.15, 0.2) is 6.61 Å². The summed E-state index contributed by atoms with van der Waals surface area (Å²) >= 11 is 0. The summed E-state index contributed by atoms with van der Waals surface area (Å²) in [7, 11) is 0. The molecule has 1 saturated carbocycles. The Morgan fingerprint density at radius 2 is 1.90 bits per heavy atom. The first-order valence-electron chi connectivity index (χ1n) is 10.5. The van der Waals surface area contributed by atoms with Crippen LogP contribution in [0.4, 0.5) is 5.82 Å². The molecule has 6 nitrogen and oxygen atoms in total. The van der Waals surface area contributed by atoms with Gasteiger partial charge in [-0.3, -0.25) is 9.59 Å². The zero-order chi connectivity index (χ0) is 21.7. The van der Waals surface area contributed by atoms with Crippen molar-refractivity contribution in [1.29, 1.82) is 5.26 Å². The standard InChI is InChI=1S/C24H29N3O3/c1-16(19-9-5-4-6-10-19)13-23(29)30-15-22(28)26-24-21(14-25)17(2)18(3)27(24)20-11-7-8-12-20/h4-6,9-10,16,20H,7-8,11-13,15H2,1-3H3,(H,26,28)/t16-/m1/s1. The van der Waals surface area contributed by atoms with Gasteiger partial charge in [-0.15, -0.1) is 0 Å². The molecule has 0 radical (unpaired) electrons. The van der Waals surface area contributed by atoms with Gasteiger partial charge in [-0.25, -0.2) is 0 Å². The highest BCUT2D eigenvalue weighted by Gasteiger charge is 2.27. The van der Waals surface area contributed by atoms with Gasteiger partial charge >= 0.3 is 5.97 Å². The molecular weight excluding hydrogens is 378 g/mol. The van der Waals surface area contributed by atoms with Crippen molar-refractivity contribution in [3.8, 4) is 6.07 Å². The minimum absolute atomic E-state index is 0.0110. The molecule has 0 saturated heterocycles. The molecule has 6 heteroatoms. The summed E-state index contributed by atoms with van der Waals surface area (Å²) in [6, 6.07) is 12.2. The van der Waals surface area contributed by atoms with Gasteiger partial charge in [0, 0.05) is 11.7 Å². The SMILES string of the molecule is Cc1c(C#N)c(NC(=O)COC(=O)C[C@@H](C)c2ccccc2)n(C2CCCC2)c1C. The highest BCUT2D eigenvalue weighted by Crippen LogP contribution is 2.37. The van der Waals surface area contributed by atoms with E-state index >= 15 is 0 Å². The molecule has 0 aliphatic heterocycles. The van der Waals surface area contributed by atoms with E-state index in [1.54, 1.807) is 0 Å². The molecule has 1 aromatic heterocycles. The number of hydrogen-bond donors (Lipinski definition) is 1. The number of nitrogens with one attached hydrogen (secondary N) is 1. The minimum atomic E-state index is -0.427. The van der Waals surface area contributed by atoms with Gasteiger partial charge in [-0.05, 0) is 43.7 Å². The number of rotatable bonds is 7. The number of carbonyl (C=O) groups excluding carboxylic acids is 2. The van der Waals surface area contributed by atoms with Crippen molar-refractivity contribution in [3.63, 3.8) is 0 Å². The minimum Gasteiger partial charge on any atom is -0.456 e. The number of benzene rings is 1. The smallest absolute Gasteiger partial charge is 0.306 e. The number of carbonyl (C=O) groups is 2. The van der Waals surface area contributed by atoms with Crippen LogP contribution >= 0.6 is 0 Å². The van der Waals surface area contributed by atoms with Crippen LogP contribution in [0.1, 0.15) is 73.4 Å². The lowest BCUT2D eigenvalue weighted by Gasteiger charge is -2.19. The van der Waals surface area contributed by atoms with Crippen LogP contribution in [0.25, 0.3) is 0 Å². The Hall–Kier alpha value is -3.07. The zero-order valence-corrected chi connectivity index (χ0v) is 17.9. The number of aromatic nitrogens is 1. The molecule has 1 N–H and O–H groups in total. The van der Waals surface area contributed by atoms with Crippen molar-refractivity contribution in [2.24, 2.45) is 0 Å². The van der Waals surface area contributed by atoms with Crippen LogP contribution in [0, 0.1) is 25.2 Å². The Morgan fingerprint density at radius 3 is 2.53 bits per heavy atom. The van der Waals surface area contributed by atoms with E-state index in [0.29, 0.717) is 11.4 Å². The molecule has 3 rings (SSSR count). The molecule has 1 aliphatic rings. The second-order valence-corrected chi connectivity index (χ2v) is 8.08. The highest BCUT2D eigenvalue weighted by atomic mass is 16.5. The Morgan fingerprint density at radius 1 is 1.23 bits per heavy atom. The van der Waals surface area contributed by atoms with Gasteiger partial charge in [0.25, 0.3) is 5.91 Å². The Labute approximate surface area is 177 Å². The van der Waals surface area contributed by atoms with E-state index < -0.39 is 11.9 Å². The van der Waals surface area contributed by atoms with Crippen molar-refractivity contribution < 1.29 is 14.3 Å². The average Bonchev–Trinajstić information content (AvgIpc) is 3.34. The zero-order valence-electron chi connectivity index (χ0n) is 17.9. The molecule has 1 heterocycles. The number of amides is 1. The third-order valence-corrected chi connectivity index (χ3v) is 6.02. The van der Waals surface area contributed by atoms with Gasteiger partial charge in [0.05, 0.1) is 12.0 Å². The highest BCUT2D eigenvalue weighted by molar-refractivity contribution is 5.93. The van der Waals surface area contributed by atoms with Gasteiger partial charge in [-0.1, -0.05) is 50.1 Å². The second-order valence-electron chi connectivity index (χ2n) is 8.08. The largest absolute Gasteiger partial charge is 0.456 e. The van der Waals surface area contributed by atoms with Crippen LogP contribution < -0.4 is 5.32 Å². The van der Waals surface area contributed by atoms with Crippen LogP contribution in [-0.4, -0.2) is 23.1 Å². The molecule has 1 aliphatic carbocycles. The van der Waals surface area contributed by atoms with Gasteiger partial charge in [0.1, 0.15) is 11.9 Å². The second kappa shape index (κ2) is 9.62. The van der Waals surface area contributed by atoms with Crippen molar-refractivity contribution in [3.05, 3.63) is 52.7 Å². The van der Waals surface area contributed by atoms with Gasteiger partial charge < -0.3 is 14.6 Å². The Balaban J connectivity index is 1.63. The van der Waals surface area contributed by atoms with E-state index in [9.17, 15) is 14.9 Å². The first-order chi connectivity index (χ1) is 14.4. The normalized spacial score (nSPS) is 14.9. The molecule has 0 bridgehead atoms. The topological polar surface area (TPSA) is 84.1 Å². The Kier molecular flexibility index (Phi) is 6.94. The Bertz CT molecular complexity index is 950. The lowest BCUT2D eigenvalue weighted by molar-refractivity contribution is -0.147. The van der Waals surface area contributed by atoms with Crippen LogP contribution in [0.2, 0.25) is 0 Å². The summed E-state index contributed by atoms with van der Waals surface area (Å²) < 4.78 is 7.28. The lowest BCUT2D eigenvalue weighted by Crippen LogP contribution is -2.24. The number of nitriles is 1. The molecule has 2 aromatic rings. The molecule has 1 aromatic carbocycles. The third-order valence-electron chi connectivity index (χ3n) is 6.02. The molecular formula is C24H29N3O3. The van der Waals surface area contributed by atoms with Crippen LogP contribution in [0.5, 0.6) is 0 Å². The quantitative estimate of drug-likeness (QED) is 0.670.